The molecule has 0 spiro atoms. The molecule has 0 atom stereocenters. The van der Waals surface area contributed by atoms with Gasteiger partial charge in [-0.05, 0) is 18.6 Å². The second kappa shape index (κ2) is 5.02. The van der Waals surface area contributed by atoms with Gasteiger partial charge < -0.3 is 4.74 Å². The van der Waals surface area contributed by atoms with Gasteiger partial charge in [-0.1, -0.05) is 36.9 Å². The number of ether oxygens (including phenoxy) is 1. The van der Waals surface area contributed by atoms with E-state index in [1.165, 1.54) is 0 Å². The number of rotatable bonds is 3. The van der Waals surface area contributed by atoms with Gasteiger partial charge in [-0.15, -0.1) is 0 Å². The summed E-state index contributed by atoms with van der Waals surface area (Å²) in [5.74, 6) is -0.371. The zero-order valence-corrected chi connectivity index (χ0v) is 8.07. The van der Waals surface area contributed by atoms with Crippen molar-refractivity contribution < 1.29 is 9.53 Å². The predicted molar refractivity (Wildman–Crippen MR) is 56.4 cm³/mol. The molecule has 0 aliphatic carbocycles. The molecule has 72 valence electrons. The van der Waals surface area contributed by atoms with Gasteiger partial charge in [0.15, 0.2) is 0 Å². The molecule has 0 amide bonds. The van der Waals surface area contributed by atoms with Crippen LogP contribution in [-0.4, -0.2) is 5.97 Å². The van der Waals surface area contributed by atoms with Crippen molar-refractivity contribution in [2.75, 3.05) is 0 Å². The molecule has 0 N–H and O–H groups in total. The van der Waals surface area contributed by atoms with E-state index >= 15 is 0 Å². The maximum Gasteiger partial charge on any atom is 0.338 e. The van der Waals surface area contributed by atoms with Gasteiger partial charge in [-0.2, -0.15) is 0 Å². The summed E-state index contributed by atoms with van der Waals surface area (Å²) in [6.45, 7) is 5.03. The second-order valence-electron chi connectivity index (χ2n) is 2.81. The van der Waals surface area contributed by atoms with E-state index in [-0.39, 0.29) is 5.97 Å². The fraction of sp³-hybridized carbons (Fsp3) is 0.0833. The highest BCUT2D eigenvalue weighted by Crippen LogP contribution is 2.07. The van der Waals surface area contributed by atoms with Crippen LogP contribution in [0.1, 0.15) is 12.5 Å². The molecule has 0 heterocycles. The second-order valence-corrected chi connectivity index (χ2v) is 2.81. The van der Waals surface area contributed by atoms with Crippen LogP contribution in [-0.2, 0) is 9.53 Å². The molecule has 0 radical (unpaired) electrons. The van der Waals surface area contributed by atoms with E-state index in [1.54, 1.807) is 13.0 Å². The van der Waals surface area contributed by atoms with Crippen LogP contribution in [0.3, 0.4) is 0 Å². The number of hydrogen-bond acceptors (Lipinski definition) is 2. The van der Waals surface area contributed by atoms with E-state index in [9.17, 15) is 4.79 Å². The first-order chi connectivity index (χ1) is 6.74. The molecule has 0 fully saturated rings. The smallest absolute Gasteiger partial charge is 0.338 e. The van der Waals surface area contributed by atoms with Crippen molar-refractivity contribution in [3.8, 4) is 0 Å². The summed E-state index contributed by atoms with van der Waals surface area (Å²) in [6.07, 6.45) is 2.90. The van der Waals surface area contributed by atoms with Crippen molar-refractivity contribution in [3.63, 3.8) is 0 Å². The topological polar surface area (TPSA) is 26.3 Å². The standard InChI is InChI=1S/C12H12O2/c1-3-14-12(13)10(2)9-11-7-5-4-6-8-11/h3-9H,1H2,2H3/b10-9+. The van der Waals surface area contributed by atoms with Crippen LogP contribution >= 0.6 is 0 Å². The third-order valence-corrected chi connectivity index (χ3v) is 1.70. The average molecular weight is 188 g/mol. The Kier molecular flexibility index (Phi) is 3.68. The Bertz CT molecular complexity index is 350. The predicted octanol–water partition coefficient (Wildman–Crippen LogP) is 2.78. The Balaban J connectivity index is 2.78. The van der Waals surface area contributed by atoms with Gasteiger partial charge in [0.05, 0.1) is 6.26 Å². The maximum atomic E-state index is 11.2. The Labute approximate surface area is 83.5 Å². The van der Waals surface area contributed by atoms with Crippen LogP contribution < -0.4 is 0 Å². The summed E-state index contributed by atoms with van der Waals surface area (Å²) in [6, 6.07) is 9.60. The van der Waals surface area contributed by atoms with E-state index in [2.05, 4.69) is 11.3 Å². The number of esters is 1. The van der Waals surface area contributed by atoms with Gasteiger partial charge >= 0.3 is 5.97 Å². The van der Waals surface area contributed by atoms with E-state index in [0.29, 0.717) is 5.57 Å². The van der Waals surface area contributed by atoms with Crippen LogP contribution in [0.15, 0.2) is 48.7 Å². The van der Waals surface area contributed by atoms with Gasteiger partial charge in [0.25, 0.3) is 0 Å². The van der Waals surface area contributed by atoms with E-state index in [0.717, 1.165) is 11.8 Å². The van der Waals surface area contributed by atoms with Crippen LogP contribution in [0, 0.1) is 0 Å². The zero-order valence-electron chi connectivity index (χ0n) is 8.07. The molecule has 0 saturated carbocycles. The summed E-state index contributed by atoms with van der Waals surface area (Å²) in [4.78, 5) is 11.2. The fourth-order valence-corrected chi connectivity index (χ4v) is 1.03. The molecular formula is C12H12O2. The lowest BCUT2D eigenvalue weighted by Gasteiger charge is -1.98. The molecule has 1 rings (SSSR count). The minimum atomic E-state index is -0.371. The molecule has 0 aliphatic heterocycles. The van der Waals surface area contributed by atoms with E-state index in [1.807, 2.05) is 30.3 Å². The highest BCUT2D eigenvalue weighted by molar-refractivity contribution is 5.93. The molecule has 0 saturated heterocycles. The minimum absolute atomic E-state index is 0.371. The van der Waals surface area contributed by atoms with Crippen LogP contribution in [0.5, 0.6) is 0 Å². The van der Waals surface area contributed by atoms with E-state index in [4.69, 9.17) is 0 Å². The molecule has 0 unspecified atom stereocenters. The molecule has 0 aliphatic rings. The molecule has 2 heteroatoms. The third kappa shape index (κ3) is 2.90. The first kappa shape index (κ1) is 10.3. The van der Waals surface area contributed by atoms with Gasteiger partial charge in [-0.25, -0.2) is 4.79 Å². The van der Waals surface area contributed by atoms with Gasteiger partial charge in [0.2, 0.25) is 0 Å². The van der Waals surface area contributed by atoms with Gasteiger partial charge in [-0.3, -0.25) is 0 Å². The molecule has 2 nitrogen and oxygen atoms in total. The van der Waals surface area contributed by atoms with Gasteiger partial charge in [0.1, 0.15) is 0 Å². The van der Waals surface area contributed by atoms with Gasteiger partial charge in [0, 0.05) is 5.57 Å². The average Bonchev–Trinajstić information content (AvgIpc) is 2.19. The van der Waals surface area contributed by atoms with Crippen LogP contribution in [0.2, 0.25) is 0 Å². The van der Waals surface area contributed by atoms with Crippen molar-refractivity contribution in [1.29, 1.82) is 0 Å². The first-order valence-corrected chi connectivity index (χ1v) is 4.29. The SMILES string of the molecule is C=COC(=O)/C(C)=C/c1ccccc1. The summed E-state index contributed by atoms with van der Waals surface area (Å²) in [7, 11) is 0. The minimum Gasteiger partial charge on any atom is -0.432 e. The van der Waals surface area contributed by atoms with Crippen molar-refractivity contribution >= 4 is 12.0 Å². The summed E-state index contributed by atoms with van der Waals surface area (Å²) in [5, 5.41) is 0. The Hall–Kier alpha value is -1.83. The van der Waals surface area contributed by atoms with Crippen molar-refractivity contribution in [1.82, 2.24) is 0 Å². The third-order valence-electron chi connectivity index (χ3n) is 1.70. The number of carbonyl (C=O) groups excluding carboxylic acids is 1. The lowest BCUT2D eigenvalue weighted by molar-refractivity contribution is -0.133. The molecule has 0 bridgehead atoms. The number of benzene rings is 1. The van der Waals surface area contributed by atoms with E-state index < -0.39 is 0 Å². The number of carbonyl (C=O) groups is 1. The lowest BCUT2D eigenvalue weighted by Crippen LogP contribution is -2.00. The highest BCUT2D eigenvalue weighted by Gasteiger charge is 2.02. The fourth-order valence-electron chi connectivity index (χ4n) is 1.03. The maximum absolute atomic E-state index is 11.2. The zero-order chi connectivity index (χ0) is 10.4. The Morgan fingerprint density at radius 2 is 2.00 bits per heavy atom. The summed E-state index contributed by atoms with van der Waals surface area (Å²) in [5.41, 5.74) is 1.53. The lowest BCUT2D eigenvalue weighted by atomic mass is 10.1. The normalized spacial score (nSPS) is 10.8. The molecule has 14 heavy (non-hydrogen) atoms. The monoisotopic (exact) mass is 188 g/mol. The van der Waals surface area contributed by atoms with Crippen molar-refractivity contribution in [2.45, 2.75) is 6.92 Å². The van der Waals surface area contributed by atoms with Crippen molar-refractivity contribution in [2.24, 2.45) is 0 Å². The quantitative estimate of drug-likeness (QED) is 0.414. The van der Waals surface area contributed by atoms with Crippen LogP contribution in [0.25, 0.3) is 6.08 Å². The molecular weight excluding hydrogens is 176 g/mol. The Morgan fingerprint density at radius 1 is 1.36 bits per heavy atom. The largest absolute Gasteiger partial charge is 0.432 e. The Morgan fingerprint density at radius 3 is 2.57 bits per heavy atom. The highest BCUT2D eigenvalue weighted by atomic mass is 16.5. The first-order valence-electron chi connectivity index (χ1n) is 4.29. The van der Waals surface area contributed by atoms with Crippen molar-refractivity contribution in [3.05, 3.63) is 54.3 Å². The summed E-state index contributed by atoms with van der Waals surface area (Å²) >= 11 is 0. The molecule has 1 aromatic carbocycles. The van der Waals surface area contributed by atoms with Crippen LogP contribution in [0.4, 0.5) is 0 Å². The molecule has 1 aromatic rings. The number of hydrogen-bond donors (Lipinski definition) is 0. The summed E-state index contributed by atoms with van der Waals surface area (Å²) < 4.78 is 4.63. The molecule has 0 aromatic heterocycles.